The summed E-state index contributed by atoms with van der Waals surface area (Å²) in [6.07, 6.45) is 0.184. The molecule has 0 radical (unpaired) electrons. The number of nitro groups is 1. The molecule has 0 saturated carbocycles. The Labute approximate surface area is 121 Å². The molecule has 0 amide bonds. The number of nitro benzene ring substituents is 1. The average Bonchev–Trinajstić information content (AvgIpc) is 2.44. The zero-order chi connectivity index (χ0) is 15.6. The van der Waals surface area contributed by atoms with Crippen LogP contribution in [0.15, 0.2) is 30.3 Å². The highest BCUT2D eigenvalue weighted by Gasteiger charge is 2.22. The van der Waals surface area contributed by atoms with Crippen molar-refractivity contribution in [3.8, 4) is 17.2 Å². The third kappa shape index (κ3) is 2.75. The standard InChI is InChI=1S/C16H13FN2O2/c1-10-9-15(19(20)21)16(11(2)14(10)7-8-18)12-3-5-13(17)6-4-12/h3-6,9H,7H2,1-2H3. The SMILES string of the molecule is Cc1cc([N+](=O)[O-])c(-c2ccc(F)cc2)c(C)c1CC#N. The molecular formula is C16H13FN2O2. The van der Waals surface area contributed by atoms with E-state index in [-0.39, 0.29) is 12.1 Å². The highest BCUT2D eigenvalue weighted by atomic mass is 19.1. The summed E-state index contributed by atoms with van der Waals surface area (Å²) in [6.45, 7) is 3.51. The molecule has 0 unspecified atom stereocenters. The second kappa shape index (κ2) is 5.71. The molecule has 0 saturated heterocycles. The fraction of sp³-hybridized carbons (Fsp3) is 0.188. The van der Waals surface area contributed by atoms with E-state index in [1.807, 2.05) is 0 Å². The molecule has 21 heavy (non-hydrogen) atoms. The Hall–Kier alpha value is -2.74. The van der Waals surface area contributed by atoms with Gasteiger partial charge in [0, 0.05) is 6.07 Å². The van der Waals surface area contributed by atoms with Gasteiger partial charge in [0.2, 0.25) is 0 Å². The Morgan fingerprint density at radius 2 is 1.90 bits per heavy atom. The van der Waals surface area contributed by atoms with Gasteiger partial charge < -0.3 is 0 Å². The molecule has 0 aliphatic carbocycles. The molecule has 5 heteroatoms. The zero-order valence-electron chi connectivity index (χ0n) is 11.7. The lowest BCUT2D eigenvalue weighted by Crippen LogP contribution is -2.01. The summed E-state index contributed by atoms with van der Waals surface area (Å²) in [6, 6.07) is 9.10. The van der Waals surface area contributed by atoms with Gasteiger partial charge in [-0.25, -0.2) is 4.39 Å². The quantitative estimate of drug-likeness (QED) is 0.630. The maximum absolute atomic E-state index is 13.0. The first-order chi connectivity index (χ1) is 9.95. The zero-order valence-corrected chi connectivity index (χ0v) is 11.7. The van der Waals surface area contributed by atoms with Crippen LogP contribution in [0.4, 0.5) is 10.1 Å². The molecule has 2 rings (SSSR count). The van der Waals surface area contributed by atoms with Gasteiger partial charge in [-0.05, 0) is 48.2 Å². The Bertz CT molecular complexity index is 746. The minimum atomic E-state index is -0.450. The van der Waals surface area contributed by atoms with E-state index in [1.165, 1.54) is 30.3 Å². The number of hydrogen-bond donors (Lipinski definition) is 0. The second-order valence-electron chi connectivity index (χ2n) is 4.79. The second-order valence-corrected chi connectivity index (χ2v) is 4.79. The Morgan fingerprint density at radius 1 is 1.29 bits per heavy atom. The van der Waals surface area contributed by atoms with Crippen LogP contribution in [-0.4, -0.2) is 4.92 Å². The average molecular weight is 284 g/mol. The molecule has 0 bridgehead atoms. The van der Waals surface area contributed by atoms with Gasteiger partial charge in [-0.3, -0.25) is 10.1 Å². The van der Waals surface area contributed by atoms with Gasteiger partial charge in [0.05, 0.1) is 23.0 Å². The van der Waals surface area contributed by atoms with Crippen molar-refractivity contribution in [2.75, 3.05) is 0 Å². The summed E-state index contributed by atoms with van der Waals surface area (Å²) in [7, 11) is 0. The number of rotatable bonds is 3. The van der Waals surface area contributed by atoms with Crippen molar-refractivity contribution in [1.82, 2.24) is 0 Å². The summed E-state index contributed by atoms with van der Waals surface area (Å²) >= 11 is 0. The van der Waals surface area contributed by atoms with Crippen LogP contribution in [0.5, 0.6) is 0 Å². The summed E-state index contributed by atoms with van der Waals surface area (Å²) in [5, 5.41) is 20.2. The van der Waals surface area contributed by atoms with Crippen molar-refractivity contribution >= 4 is 5.69 Å². The predicted molar refractivity (Wildman–Crippen MR) is 77.3 cm³/mol. The summed E-state index contributed by atoms with van der Waals surface area (Å²) in [4.78, 5) is 10.9. The van der Waals surface area contributed by atoms with Gasteiger partial charge in [-0.1, -0.05) is 12.1 Å². The van der Waals surface area contributed by atoms with Crippen LogP contribution < -0.4 is 0 Å². The molecule has 0 atom stereocenters. The first kappa shape index (κ1) is 14.7. The van der Waals surface area contributed by atoms with Crippen LogP contribution in [0.3, 0.4) is 0 Å². The molecule has 0 N–H and O–H groups in total. The molecular weight excluding hydrogens is 271 g/mol. The molecule has 106 valence electrons. The number of benzene rings is 2. The third-order valence-corrected chi connectivity index (χ3v) is 3.50. The fourth-order valence-electron chi connectivity index (χ4n) is 2.48. The van der Waals surface area contributed by atoms with Gasteiger partial charge in [-0.15, -0.1) is 0 Å². The normalized spacial score (nSPS) is 10.2. The summed E-state index contributed by atoms with van der Waals surface area (Å²) in [5.41, 5.74) is 3.16. The fourth-order valence-corrected chi connectivity index (χ4v) is 2.48. The van der Waals surface area contributed by atoms with Crippen molar-refractivity contribution in [3.63, 3.8) is 0 Å². The molecule has 0 heterocycles. The van der Waals surface area contributed by atoms with Gasteiger partial charge in [0.15, 0.2) is 0 Å². The monoisotopic (exact) mass is 284 g/mol. The molecule has 2 aromatic carbocycles. The van der Waals surface area contributed by atoms with Gasteiger partial charge in [-0.2, -0.15) is 5.26 Å². The molecule has 0 spiro atoms. The van der Waals surface area contributed by atoms with E-state index < -0.39 is 10.7 Å². The first-order valence-electron chi connectivity index (χ1n) is 6.36. The van der Waals surface area contributed by atoms with Crippen molar-refractivity contribution in [2.24, 2.45) is 0 Å². The minimum absolute atomic E-state index is 0.0294. The highest BCUT2D eigenvalue weighted by Crippen LogP contribution is 2.36. The predicted octanol–water partition coefficient (Wildman–Crippen LogP) is 4.08. The van der Waals surface area contributed by atoms with E-state index in [1.54, 1.807) is 13.8 Å². The Kier molecular flexibility index (Phi) is 3.99. The van der Waals surface area contributed by atoms with Crippen molar-refractivity contribution < 1.29 is 9.31 Å². The van der Waals surface area contributed by atoms with Crippen LogP contribution >= 0.6 is 0 Å². The highest BCUT2D eigenvalue weighted by molar-refractivity contribution is 5.79. The lowest BCUT2D eigenvalue weighted by Gasteiger charge is -2.13. The minimum Gasteiger partial charge on any atom is -0.258 e. The molecule has 0 aromatic heterocycles. The van der Waals surface area contributed by atoms with Crippen molar-refractivity contribution in [3.05, 3.63) is 63.0 Å². The molecule has 0 aliphatic heterocycles. The van der Waals surface area contributed by atoms with Crippen LogP contribution in [0, 0.1) is 41.1 Å². The number of hydrogen-bond acceptors (Lipinski definition) is 3. The van der Waals surface area contributed by atoms with Gasteiger partial charge in [0.25, 0.3) is 5.69 Å². The molecule has 0 fully saturated rings. The largest absolute Gasteiger partial charge is 0.277 e. The van der Waals surface area contributed by atoms with Crippen LogP contribution in [0.1, 0.15) is 16.7 Å². The van der Waals surface area contributed by atoms with E-state index in [0.717, 1.165) is 5.56 Å². The van der Waals surface area contributed by atoms with E-state index >= 15 is 0 Å². The van der Waals surface area contributed by atoms with Crippen LogP contribution in [0.2, 0.25) is 0 Å². The number of nitrogens with zero attached hydrogens (tertiary/aromatic N) is 2. The summed E-state index contributed by atoms with van der Waals surface area (Å²) < 4.78 is 13.0. The smallest absolute Gasteiger partial charge is 0.258 e. The van der Waals surface area contributed by atoms with E-state index in [9.17, 15) is 14.5 Å². The number of nitriles is 1. The number of aryl methyl sites for hydroxylation is 1. The van der Waals surface area contributed by atoms with Crippen LogP contribution in [0.25, 0.3) is 11.1 Å². The third-order valence-electron chi connectivity index (χ3n) is 3.50. The molecule has 4 nitrogen and oxygen atoms in total. The molecule has 2 aromatic rings. The Morgan fingerprint density at radius 3 is 2.43 bits per heavy atom. The van der Waals surface area contributed by atoms with Crippen LogP contribution in [-0.2, 0) is 6.42 Å². The van der Waals surface area contributed by atoms with Gasteiger partial charge >= 0.3 is 0 Å². The molecule has 0 aliphatic rings. The first-order valence-corrected chi connectivity index (χ1v) is 6.36. The maximum Gasteiger partial charge on any atom is 0.277 e. The van der Waals surface area contributed by atoms with E-state index in [2.05, 4.69) is 6.07 Å². The van der Waals surface area contributed by atoms with Crippen molar-refractivity contribution in [1.29, 1.82) is 5.26 Å². The summed E-state index contributed by atoms with van der Waals surface area (Å²) in [5.74, 6) is -0.400. The maximum atomic E-state index is 13.0. The van der Waals surface area contributed by atoms with E-state index in [0.29, 0.717) is 22.3 Å². The number of halogens is 1. The van der Waals surface area contributed by atoms with E-state index in [4.69, 9.17) is 5.26 Å². The Balaban J connectivity index is 2.78. The topological polar surface area (TPSA) is 66.9 Å². The van der Waals surface area contributed by atoms with Gasteiger partial charge in [0.1, 0.15) is 5.82 Å². The lowest BCUT2D eigenvalue weighted by molar-refractivity contribution is -0.384. The lowest BCUT2D eigenvalue weighted by atomic mass is 9.90. The van der Waals surface area contributed by atoms with Crippen molar-refractivity contribution in [2.45, 2.75) is 20.3 Å².